The predicted molar refractivity (Wildman–Crippen MR) is 82.7 cm³/mol. The number of amides is 1. The van der Waals surface area contributed by atoms with Gasteiger partial charge in [-0.3, -0.25) is 4.79 Å². The van der Waals surface area contributed by atoms with Crippen LogP contribution in [0.15, 0.2) is 18.2 Å². The molecule has 0 unspecified atom stereocenters. The largest absolute Gasteiger partial charge is 0.484 e. The van der Waals surface area contributed by atoms with Crippen LogP contribution in [0.4, 0.5) is 0 Å². The van der Waals surface area contributed by atoms with E-state index in [-0.39, 0.29) is 24.5 Å². The highest BCUT2D eigenvalue weighted by atomic mass is 35.5. The first kappa shape index (κ1) is 16.1. The van der Waals surface area contributed by atoms with Crippen molar-refractivity contribution >= 4 is 17.5 Å². The summed E-state index contributed by atoms with van der Waals surface area (Å²) >= 11 is 5.87. The van der Waals surface area contributed by atoms with E-state index < -0.39 is 0 Å². The van der Waals surface area contributed by atoms with Crippen molar-refractivity contribution in [2.75, 3.05) is 19.8 Å². The molecular formula is C16H22ClNO3. The molecule has 0 bridgehead atoms. The van der Waals surface area contributed by atoms with Crippen molar-refractivity contribution in [2.24, 2.45) is 5.41 Å². The standard InChI is InChI=1S/C16H22ClNO3/c1-12-8-13(17)4-5-14(12)21-9-15(20)18-10-16(11-19)6-2-3-7-16/h4-5,8,19H,2-3,6-7,9-11H2,1H3,(H,18,20). The first-order chi connectivity index (χ1) is 10.0. The lowest BCUT2D eigenvalue weighted by Crippen LogP contribution is -2.40. The minimum absolute atomic E-state index is 0.0238. The van der Waals surface area contributed by atoms with Crippen LogP contribution in [0.2, 0.25) is 5.02 Å². The van der Waals surface area contributed by atoms with E-state index >= 15 is 0 Å². The summed E-state index contributed by atoms with van der Waals surface area (Å²) in [6.45, 7) is 2.51. The number of carbonyl (C=O) groups is 1. The van der Waals surface area contributed by atoms with Crippen LogP contribution in [0.3, 0.4) is 0 Å². The fraction of sp³-hybridized carbons (Fsp3) is 0.562. The number of hydrogen-bond acceptors (Lipinski definition) is 3. The number of nitrogens with one attached hydrogen (secondary N) is 1. The molecule has 2 N–H and O–H groups in total. The van der Waals surface area contributed by atoms with Gasteiger partial charge in [0.25, 0.3) is 5.91 Å². The summed E-state index contributed by atoms with van der Waals surface area (Å²) in [5.41, 5.74) is 0.768. The average Bonchev–Trinajstić information content (AvgIpc) is 2.94. The number of aliphatic hydroxyl groups excluding tert-OH is 1. The van der Waals surface area contributed by atoms with Crippen molar-refractivity contribution in [1.82, 2.24) is 5.32 Å². The van der Waals surface area contributed by atoms with Crippen LogP contribution in [-0.4, -0.2) is 30.8 Å². The monoisotopic (exact) mass is 311 g/mol. The number of ether oxygens (including phenoxy) is 1. The van der Waals surface area contributed by atoms with Crippen LogP contribution < -0.4 is 10.1 Å². The first-order valence-electron chi connectivity index (χ1n) is 7.31. The zero-order chi connectivity index (χ0) is 15.3. The van der Waals surface area contributed by atoms with E-state index in [2.05, 4.69) is 5.32 Å². The normalized spacial score (nSPS) is 16.7. The number of aryl methyl sites for hydroxylation is 1. The molecule has 1 amide bonds. The molecule has 0 aliphatic heterocycles. The molecule has 0 radical (unpaired) electrons. The van der Waals surface area contributed by atoms with Crippen LogP contribution in [0.5, 0.6) is 5.75 Å². The molecule has 0 spiro atoms. The third-order valence-electron chi connectivity index (χ3n) is 4.16. The summed E-state index contributed by atoms with van der Waals surface area (Å²) in [5, 5.41) is 13.0. The van der Waals surface area contributed by atoms with Gasteiger partial charge in [0.05, 0.1) is 6.61 Å². The van der Waals surface area contributed by atoms with Crippen molar-refractivity contribution in [2.45, 2.75) is 32.6 Å². The molecule has 1 aliphatic rings. The van der Waals surface area contributed by atoms with Gasteiger partial charge in [-0.15, -0.1) is 0 Å². The Bertz CT molecular complexity index is 498. The second kappa shape index (κ2) is 7.14. The van der Waals surface area contributed by atoms with Gasteiger partial charge in [0.2, 0.25) is 0 Å². The Kier molecular flexibility index (Phi) is 5.48. The fourth-order valence-electron chi connectivity index (χ4n) is 2.77. The van der Waals surface area contributed by atoms with Crippen LogP contribution in [0, 0.1) is 12.3 Å². The zero-order valence-electron chi connectivity index (χ0n) is 12.3. The number of rotatable bonds is 6. The maximum atomic E-state index is 11.9. The van der Waals surface area contributed by atoms with Crippen molar-refractivity contribution < 1.29 is 14.6 Å². The maximum Gasteiger partial charge on any atom is 0.257 e. The third-order valence-corrected chi connectivity index (χ3v) is 4.39. The molecule has 0 atom stereocenters. The molecule has 5 heteroatoms. The molecule has 0 aromatic heterocycles. The van der Waals surface area contributed by atoms with Gasteiger partial charge >= 0.3 is 0 Å². The lowest BCUT2D eigenvalue weighted by atomic mass is 9.87. The van der Waals surface area contributed by atoms with Gasteiger partial charge in [0, 0.05) is 17.0 Å². The minimum Gasteiger partial charge on any atom is -0.484 e. The van der Waals surface area contributed by atoms with Gasteiger partial charge < -0.3 is 15.2 Å². The molecule has 0 heterocycles. The molecule has 21 heavy (non-hydrogen) atoms. The first-order valence-corrected chi connectivity index (χ1v) is 7.69. The zero-order valence-corrected chi connectivity index (χ0v) is 13.1. The molecule has 1 saturated carbocycles. The number of hydrogen-bond donors (Lipinski definition) is 2. The van der Waals surface area contributed by atoms with Gasteiger partial charge in [-0.2, -0.15) is 0 Å². The van der Waals surface area contributed by atoms with Crippen molar-refractivity contribution in [3.8, 4) is 5.75 Å². The Labute approximate surface area is 130 Å². The van der Waals surface area contributed by atoms with Crippen LogP contribution >= 0.6 is 11.6 Å². The van der Waals surface area contributed by atoms with Gasteiger partial charge in [0.1, 0.15) is 5.75 Å². The van der Waals surface area contributed by atoms with Crippen molar-refractivity contribution in [3.63, 3.8) is 0 Å². The summed E-state index contributed by atoms with van der Waals surface area (Å²) in [7, 11) is 0. The molecule has 1 fully saturated rings. The van der Waals surface area contributed by atoms with Gasteiger partial charge in [0.15, 0.2) is 6.61 Å². The molecule has 1 aromatic carbocycles. The van der Waals surface area contributed by atoms with E-state index in [0.29, 0.717) is 17.3 Å². The Hall–Kier alpha value is -1.26. The van der Waals surface area contributed by atoms with E-state index in [4.69, 9.17) is 16.3 Å². The van der Waals surface area contributed by atoms with Crippen molar-refractivity contribution in [3.05, 3.63) is 28.8 Å². The van der Waals surface area contributed by atoms with Gasteiger partial charge in [-0.1, -0.05) is 24.4 Å². The quantitative estimate of drug-likeness (QED) is 0.849. The number of halogens is 1. The lowest BCUT2D eigenvalue weighted by Gasteiger charge is -2.26. The van der Waals surface area contributed by atoms with Crippen LogP contribution in [0.25, 0.3) is 0 Å². The molecule has 1 aromatic rings. The molecule has 116 valence electrons. The summed E-state index contributed by atoms with van der Waals surface area (Å²) in [6.07, 6.45) is 4.19. The van der Waals surface area contributed by atoms with E-state index in [1.807, 2.05) is 6.92 Å². The summed E-state index contributed by atoms with van der Waals surface area (Å²) < 4.78 is 5.50. The highest BCUT2D eigenvalue weighted by Crippen LogP contribution is 2.36. The number of carbonyl (C=O) groups excluding carboxylic acids is 1. The second-order valence-corrected chi connectivity index (χ2v) is 6.28. The number of benzene rings is 1. The maximum absolute atomic E-state index is 11.9. The SMILES string of the molecule is Cc1cc(Cl)ccc1OCC(=O)NCC1(CO)CCCC1. The minimum atomic E-state index is -0.163. The lowest BCUT2D eigenvalue weighted by molar-refractivity contribution is -0.123. The molecule has 4 nitrogen and oxygen atoms in total. The Balaban J connectivity index is 1.79. The fourth-order valence-corrected chi connectivity index (χ4v) is 3.00. The molecule has 2 rings (SSSR count). The topological polar surface area (TPSA) is 58.6 Å². The molecule has 0 saturated heterocycles. The number of aliphatic hydroxyl groups is 1. The Morgan fingerprint density at radius 2 is 2.14 bits per heavy atom. The summed E-state index contributed by atoms with van der Waals surface area (Å²) in [4.78, 5) is 11.9. The van der Waals surface area contributed by atoms with Crippen molar-refractivity contribution in [1.29, 1.82) is 0 Å². The third kappa shape index (κ3) is 4.35. The van der Waals surface area contributed by atoms with Crippen LogP contribution in [-0.2, 0) is 4.79 Å². The smallest absolute Gasteiger partial charge is 0.257 e. The highest BCUT2D eigenvalue weighted by Gasteiger charge is 2.33. The Morgan fingerprint density at radius 1 is 1.43 bits per heavy atom. The predicted octanol–water partition coefficient (Wildman–Crippen LogP) is 2.70. The summed E-state index contributed by atoms with van der Waals surface area (Å²) in [6, 6.07) is 5.30. The van der Waals surface area contributed by atoms with E-state index in [9.17, 15) is 9.90 Å². The summed E-state index contributed by atoms with van der Waals surface area (Å²) in [5.74, 6) is 0.497. The van der Waals surface area contributed by atoms with E-state index in [1.54, 1.807) is 18.2 Å². The average molecular weight is 312 g/mol. The van der Waals surface area contributed by atoms with E-state index in [0.717, 1.165) is 31.2 Å². The van der Waals surface area contributed by atoms with Gasteiger partial charge in [-0.05, 0) is 43.5 Å². The Morgan fingerprint density at radius 3 is 2.76 bits per heavy atom. The van der Waals surface area contributed by atoms with Gasteiger partial charge in [-0.25, -0.2) is 0 Å². The van der Waals surface area contributed by atoms with E-state index in [1.165, 1.54) is 0 Å². The molecular weight excluding hydrogens is 290 g/mol. The van der Waals surface area contributed by atoms with Crippen LogP contribution in [0.1, 0.15) is 31.2 Å². The highest BCUT2D eigenvalue weighted by molar-refractivity contribution is 6.30. The second-order valence-electron chi connectivity index (χ2n) is 5.84. The molecule has 1 aliphatic carbocycles.